The van der Waals surface area contributed by atoms with Crippen LogP contribution in [0.25, 0.3) is 0 Å². The van der Waals surface area contributed by atoms with Crippen LogP contribution in [0.1, 0.15) is 17.2 Å². The van der Waals surface area contributed by atoms with Gasteiger partial charge in [-0.1, -0.05) is 15.9 Å². The summed E-state index contributed by atoms with van der Waals surface area (Å²) in [4.78, 5) is 0. The van der Waals surface area contributed by atoms with Gasteiger partial charge in [0.25, 0.3) is 0 Å². The summed E-state index contributed by atoms with van der Waals surface area (Å²) in [6.07, 6.45) is 0. The Morgan fingerprint density at radius 2 is 1.85 bits per heavy atom. The van der Waals surface area contributed by atoms with E-state index in [-0.39, 0.29) is 17.7 Å². The van der Waals surface area contributed by atoms with E-state index >= 15 is 0 Å². The summed E-state index contributed by atoms with van der Waals surface area (Å²) in [5, 5.41) is 3.06. The van der Waals surface area contributed by atoms with E-state index in [1.54, 1.807) is 19.2 Å². The molecule has 0 saturated heterocycles. The van der Waals surface area contributed by atoms with Crippen LogP contribution in [0.2, 0.25) is 0 Å². The molecule has 0 aliphatic rings. The summed E-state index contributed by atoms with van der Waals surface area (Å²) in [7, 11) is 3.25. The standard InChI is InChI=1S/C15H14BrF2NO/c1-19-15(9-5-10(16)7-12(18)6-9)13-8-11(17)3-4-14(13)20-2/h3-8,15,19H,1-2H3. The first-order valence-electron chi connectivity index (χ1n) is 6.02. The lowest BCUT2D eigenvalue weighted by Crippen LogP contribution is -2.19. The van der Waals surface area contributed by atoms with E-state index in [2.05, 4.69) is 21.2 Å². The topological polar surface area (TPSA) is 21.3 Å². The molecule has 20 heavy (non-hydrogen) atoms. The highest BCUT2D eigenvalue weighted by Crippen LogP contribution is 2.32. The van der Waals surface area contributed by atoms with E-state index in [1.807, 2.05) is 0 Å². The van der Waals surface area contributed by atoms with Gasteiger partial charge in [-0.15, -0.1) is 0 Å². The molecule has 2 aromatic carbocycles. The third-order valence-corrected chi connectivity index (χ3v) is 3.47. The minimum atomic E-state index is -0.368. The Labute approximate surface area is 124 Å². The van der Waals surface area contributed by atoms with Crippen molar-refractivity contribution in [2.75, 3.05) is 14.2 Å². The average Bonchev–Trinajstić information content (AvgIpc) is 2.39. The molecule has 1 N–H and O–H groups in total. The van der Waals surface area contributed by atoms with Gasteiger partial charge in [0.05, 0.1) is 13.2 Å². The zero-order valence-corrected chi connectivity index (χ0v) is 12.7. The van der Waals surface area contributed by atoms with Gasteiger partial charge in [0.2, 0.25) is 0 Å². The second kappa shape index (κ2) is 6.33. The van der Waals surface area contributed by atoms with Crippen molar-refractivity contribution in [2.24, 2.45) is 0 Å². The van der Waals surface area contributed by atoms with E-state index in [4.69, 9.17) is 4.74 Å². The van der Waals surface area contributed by atoms with E-state index in [1.165, 1.54) is 31.4 Å². The molecule has 106 valence electrons. The van der Waals surface area contributed by atoms with Crippen molar-refractivity contribution < 1.29 is 13.5 Å². The lowest BCUT2D eigenvalue weighted by atomic mass is 9.97. The number of ether oxygens (including phenoxy) is 1. The fraction of sp³-hybridized carbons (Fsp3) is 0.200. The number of hydrogen-bond donors (Lipinski definition) is 1. The van der Waals surface area contributed by atoms with Gasteiger partial charge in [0.1, 0.15) is 17.4 Å². The van der Waals surface area contributed by atoms with E-state index in [0.29, 0.717) is 21.3 Å². The molecular formula is C15H14BrF2NO. The van der Waals surface area contributed by atoms with Gasteiger partial charge < -0.3 is 10.1 Å². The van der Waals surface area contributed by atoms with Gasteiger partial charge in [-0.2, -0.15) is 0 Å². The van der Waals surface area contributed by atoms with Crippen molar-refractivity contribution >= 4 is 15.9 Å². The second-order valence-electron chi connectivity index (χ2n) is 4.31. The molecular weight excluding hydrogens is 328 g/mol. The lowest BCUT2D eigenvalue weighted by molar-refractivity contribution is 0.403. The monoisotopic (exact) mass is 341 g/mol. The minimum Gasteiger partial charge on any atom is -0.496 e. The fourth-order valence-electron chi connectivity index (χ4n) is 2.17. The van der Waals surface area contributed by atoms with Crippen LogP contribution in [-0.4, -0.2) is 14.2 Å². The summed E-state index contributed by atoms with van der Waals surface area (Å²) < 4.78 is 32.9. The molecule has 0 bridgehead atoms. The molecule has 2 nitrogen and oxygen atoms in total. The largest absolute Gasteiger partial charge is 0.496 e. The maximum atomic E-state index is 13.5. The number of hydrogen-bond acceptors (Lipinski definition) is 2. The summed E-state index contributed by atoms with van der Waals surface area (Å²) >= 11 is 3.26. The highest BCUT2D eigenvalue weighted by atomic mass is 79.9. The summed E-state index contributed by atoms with van der Waals surface area (Å²) in [5.74, 6) is -0.173. The highest BCUT2D eigenvalue weighted by Gasteiger charge is 2.18. The van der Waals surface area contributed by atoms with Crippen molar-refractivity contribution in [1.29, 1.82) is 0 Å². The van der Waals surface area contributed by atoms with Crippen molar-refractivity contribution in [3.63, 3.8) is 0 Å². The number of benzene rings is 2. The van der Waals surface area contributed by atoms with E-state index in [9.17, 15) is 8.78 Å². The Morgan fingerprint density at radius 3 is 2.45 bits per heavy atom. The molecule has 0 amide bonds. The van der Waals surface area contributed by atoms with E-state index < -0.39 is 0 Å². The van der Waals surface area contributed by atoms with Crippen LogP contribution in [0.15, 0.2) is 40.9 Å². The van der Waals surface area contributed by atoms with Crippen molar-refractivity contribution in [3.8, 4) is 5.75 Å². The quantitative estimate of drug-likeness (QED) is 0.905. The zero-order chi connectivity index (χ0) is 14.7. The smallest absolute Gasteiger partial charge is 0.124 e. The Morgan fingerprint density at radius 1 is 1.10 bits per heavy atom. The molecule has 0 radical (unpaired) electrons. The first kappa shape index (κ1) is 14.9. The molecule has 0 aliphatic carbocycles. The molecule has 1 unspecified atom stereocenters. The predicted molar refractivity (Wildman–Crippen MR) is 78.0 cm³/mol. The number of rotatable bonds is 4. The number of methoxy groups -OCH3 is 1. The van der Waals surface area contributed by atoms with Crippen LogP contribution in [0.4, 0.5) is 8.78 Å². The van der Waals surface area contributed by atoms with Crippen LogP contribution in [0.5, 0.6) is 5.75 Å². The molecule has 0 aromatic heterocycles. The van der Waals surface area contributed by atoms with Gasteiger partial charge in [0.15, 0.2) is 0 Å². The molecule has 0 aliphatic heterocycles. The second-order valence-corrected chi connectivity index (χ2v) is 5.23. The Bertz CT molecular complexity index is 599. The first-order chi connectivity index (χ1) is 9.55. The molecule has 2 rings (SSSR count). The van der Waals surface area contributed by atoms with Crippen molar-refractivity contribution in [3.05, 3.63) is 63.6 Å². The van der Waals surface area contributed by atoms with Crippen LogP contribution in [0, 0.1) is 11.6 Å². The summed E-state index contributed by atoms with van der Waals surface area (Å²) in [6.45, 7) is 0. The molecule has 0 spiro atoms. The van der Waals surface area contributed by atoms with Gasteiger partial charge in [-0.25, -0.2) is 8.78 Å². The van der Waals surface area contributed by atoms with E-state index in [0.717, 1.165) is 0 Å². The van der Waals surface area contributed by atoms with Crippen LogP contribution >= 0.6 is 15.9 Å². The Hall–Kier alpha value is -1.46. The van der Waals surface area contributed by atoms with Gasteiger partial charge >= 0.3 is 0 Å². The minimum absolute atomic E-state index is 0.356. The molecule has 1 atom stereocenters. The molecule has 0 saturated carbocycles. The normalized spacial score (nSPS) is 12.2. The third kappa shape index (κ3) is 3.16. The summed E-state index contributed by atoms with van der Waals surface area (Å²) in [6, 6.07) is 8.48. The van der Waals surface area contributed by atoms with Crippen molar-refractivity contribution in [2.45, 2.75) is 6.04 Å². The molecule has 2 aromatic rings. The molecule has 0 heterocycles. The Balaban J connectivity index is 2.54. The number of halogens is 3. The van der Waals surface area contributed by atoms with Crippen molar-refractivity contribution in [1.82, 2.24) is 5.32 Å². The molecule has 5 heteroatoms. The van der Waals surface area contributed by atoms with Gasteiger partial charge in [-0.3, -0.25) is 0 Å². The predicted octanol–water partition coefficient (Wildman–Crippen LogP) is 4.04. The highest BCUT2D eigenvalue weighted by molar-refractivity contribution is 9.10. The fourth-order valence-corrected chi connectivity index (χ4v) is 2.66. The SMILES string of the molecule is CNC(c1cc(F)cc(Br)c1)c1cc(F)ccc1OC. The average molecular weight is 342 g/mol. The van der Waals surface area contributed by atoms with Gasteiger partial charge in [0, 0.05) is 10.0 Å². The molecule has 0 fully saturated rings. The lowest BCUT2D eigenvalue weighted by Gasteiger charge is -2.20. The van der Waals surface area contributed by atoms with Crippen LogP contribution in [0.3, 0.4) is 0 Å². The maximum absolute atomic E-state index is 13.5. The maximum Gasteiger partial charge on any atom is 0.124 e. The van der Waals surface area contributed by atoms with Crippen LogP contribution in [-0.2, 0) is 0 Å². The summed E-state index contributed by atoms with van der Waals surface area (Å²) in [5.41, 5.74) is 1.30. The Kier molecular flexibility index (Phi) is 4.73. The number of nitrogens with one attached hydrogen (secondary N) is 1. The first-order valence-corrected chi connectivity index (χ1v) is 6.81. The third-order valence-electron chi connectivity index (χ3n) is 3.01. The van der Waals surface area contributed by atoms with Gasteiger partial charge in [-0.05, 0) is 49.0 Å². The zero-order valence-electron chi connectivity index (χ0n) is 11.1. The van der Waals surface area contributed by atoms with Crippen LogP contribution < -0.4 is 10.1 Å².